The Balaban J connectivity index is 1.53. The van der Waals surface area contributed by atoms with Crippen molar-refractivity contribution in [3.63, 3.8) is 0 Å². The van der Waals surface area contributed by atoms with Gasteiger partial charge in [-0.25, -0.2) is 0 Å². The Kier molecular flexibility index (Phi) is 7.28. The fraction of sp³-hybridized carbons (Fsp3) is 0.286. The lowest BCUT2D eigenvalue weighted by molar-refractivity contribution is 0.0657. The van der Waals surface area contributed by atoms with Gasteiger partial charge in [-0.1, -0.05) is 53.7 Å². The van der Waals surface area contributed by atoms with Crippen LogP contribution in [0.15, 0.2) is 65.2 Å². The molecule has 0 aliphatic rings. The van der Waals surface area contributed by atoms with Crippen LogP contribution in [0, 0.1) is 13.8 Å². The minimum Gasteiger partial charge on any atom is -0.488 e. The number of benzene rings is 3. The summed E-state index contributed by atoms with van der Waals surface area (Å²) in [7, 11) is 0. The zero-order valence-corrected chi connectivity index (χ0v) is 20.1. The van der Waals surface area contributed by atoms with Gasteiger partial charge in [0.25, 0.3) is 5.91 Å². The van der Waals surface area contributed by atoms with Crippen molar-refractivity contribution in [3.05, 3.63) is 94.4 Å². The molecule has 0 atom stereocenters. The number of aromatic nitrogens is 1. The number of ether oxygens (including phenoxy) is 2. The highest BCUT2D eigenvalue weighted by Gasteiger charge is 2.17. The zero-order chi connectivity index (χ0) is 24.1. The highest BCUT2D eigenvalue weighted by atomic mass is 16.5. The number of fused-ring (bicyclic) bond motifs is 1. The molecular formula is C28H30N2O4. The zero-order valence-electron chi connectivity index (χ0n) is 20.1. The number of aryl methyl sites for hydroxylation is 2. The van der Waals surface area contributed by atoms with E-state index in [1.54, 1.807) is 0 Å². The number of nitrogens with one attached hydrogen (secondary N) is 1. The van der Waals surface area contributed by atoms with E-state index >= 15 is 0 Å². The smallest absolute Gasteiger partial charge is 0.255 e. The lowest BCUT2D eigenvalue weighted by atomic mass is 10.0. The maximum atomic E-state index is 13.2. The Bertz CT molecular complexity index is 1270. The minimum atomic E-state index is -0.191. The molecular weight excluding hydrogens is 428 g/mol. The number of hydrogen-bond donors (Lipinski definition) is 1. The van der Waals surface area contributed by atoms with Gasteiger partial charge in [0, 0.05) is 6.54 Å². The predicted octanol–water partition coefficient (Wildman–Crippen LogP) is 5.88. The van der Waals surface area contributed by atoms with Crippen LogP contribution in [0.2, 0.25) is 0 Å². The maximum absolute atomic E-state index is 13.2. The summed E-state index contributed by atoms with van der Waals surface area (Å²) >= 11 is 0. The lowest BCUT2D eigenvalue weighted by Gasteiger charge is -2.14. The molecule has 176 valence electrons. The molecule has 0 bridgehead atoms. The number of hydrogen-bond acceptors (Lipinski definition) is 5. The van der Waals surface area contributed by atoms with Crippen LogP contribution < -0.4 is 10.1 Å². The van der Waals surface area contributed by atoms with E-state index in [0.29, 0.717) is 30.2 Å². The molecule has 0 saturated carbocycles. The molecule has 0 saturated heterocycles. The second kappa shape index (κ2) is 10.5. The average Bonchev–Trinajstić information content (AvgIpc) is 3.16. The summed E-state index contributed by atoms with van der Waals surface area (Å²) < 4.78 is 17.1. The van der Waals surface area contributed by atoms with Crippen LogP contribution in [0.3, 0.4) is 0 Å². The van der Waals surface area contributed by atoms with Gasteiger partial charge >= 0.3 is 0 Å². The summed E-state index contributed by atoms with van der Waals surface area (Å²) in [5.41, 5.74) is 4.25. The van der Waals surface area contributed by atoms with E-state index in [9.17, 15) is 4.79 Å². The Morgan fingerprint density at radius 1 is 0.971 bits per heavy atom. The number of carbonyl (C=O) groups excluding carboxylic acids is 1. The molecule has 6 heteroatoms. The van der Waals surface area contributed by atoms with E-state index in [1.165, 1.54) is 0 Å². The molecule has 0 aliphatic carbocycles. The number of rotatable bonds is 9. The first-order valence-electron chi connectivity index (χ1n) is 11.5. The average molecular weight is 459 g/mol. The topological polar surface area (TPSA) is 73.6 Å². The highest BCUT2D eigenvalue weighted by Crippen LogP contribution is 2.28. The maximum Gasteiger partial charge on any atom is 0.255 e. The molecule has 3 aromatic carbocycles. The van der Waals surface area contributed by atoms with Crippen LogP contribution in [0.4, 0.5) is 0 Å². The van der Waals surface area contributed by atoms with Crippen molar-refractivity contribution in [1.29, 1.82) is 0 Å². The molecule has 1 amide bonds. The Hall–Kier alpha value is -3.64. The Morgan fingerprint density at radius 3 is 2.41 bits per heavy atom. The minimum absolute atomic E-state index is 0.167. The van der Waals surface area contributed by atoms with Crippen LogP contribution >= 0.6 is 0 Å². The Morgan fingerprint density at radius 2 is 1.71 bits per heavy atom. The molecule has 4 aromatic rings. The molecule has 0 radical (unpaired) electrons. The van der Waals surface area contributed by atoms with Crippen molar-refractivity contribution in [2.45, 2.75) is 53.6 Å². The summed E-state index contributed by atoms with van der Waals surface area (Å²) in [4.78, 5) is 13.2. The fourth-order valence-corrected chi connectivity index (χ4v) is 3.74. The normalized spacial score (nSPS) is 11.2. The van der Waals surface area contributed by atoms with E-state index in [0.717, 1.165) is 33.2 Å². The molecule has 1 aromatic heterocycles. The van der Waals surface area contributed by atoms with Crippen molar-refractivity contribution in [2.75, 3.05) is 0 Å². The van der Waals surface area contributed by atoms with E-state index in [2.05, 4.69) is 16.5 Å². The van der Waals surface area contributed by atoms with E-state index < -0.39 is 0 Å². The van der Waals surface area contributed by atoms with E-state index in [-0.39, 0.29) is 18.6 Å². The van der Waals surface area contributed by atoms with Gasteiger partial charge in [0.05, 0.1) is 29.5 Å². The van der Waals surface area contributed by atoms with Crippen LogP contribution in [-0.4, -0.2) is 17.2 Å². The molecule has 0 aliphatic heterocycles. The van der Waals surface area contributed by atoms with Crippen LogP contribution in [-0.2, 0) is 24.5 Å². The van der Waals surface area contributed by atoms with Gasteiger partial charge < -0.3 is 19.3 Å². The summed E-state index contributed by atoms with van der Waals surface area (Å²) in [6.07, 6.45) is 0.167. The first kappa shape index (κ1) is 23.5. The van der Waals surface area contributed by atoms with Gasteiger partial charge in [0.2, 0.25) is 0 Å². The summed E-state index contributed by atoms with van der Waals surface area (Å²) in [6, 6.07) is 19.8. The summed E-state index contributed by atoms with van der Waals surface area (Å²) in [5, 5.41) is 9.01. The van der Waals surface area contributed by atoms with Gasteiger partial charge in [0.1, 0.15) is 18.1 Å². The number of nitrogens with zero attached hydrogens (tertiary/aromatic N) is 1. The van der Waals surface area contributed by atoms with Crippen molar-refractivity contribution >= 4 is 16.7 Å². The standard InChI is InChI=1S/C28H30N2O4/c1-18(2)32-16-22-9-7-8-21(12-22)15-29-28(31)25-13-23-10-5-6-11-24(23)14-27(25)33-17-26-19(3)30-34-20(26)4/h5-14,18H,15-17H2,1-4H3,(H,29,31). The summed E-state index contributed by atoms with van der Waals surface area (Å²) in [5.74, 6) is 1.05. The quantitative estimate of drug-likeness (QED) is 0.339. The van der Waals surface area contributed by atoms with Crippen molar-refractivity contribution < 1.29 is 18.8 Å². The number of carbonyl (C=O) groups is 1. The van der Waals surface area contributed by atoms with Gasteiger partial charge in [-0.15, -0.1) is 0 Å². The lowest BCUT2D eigenvalue weighted by Crippen LogP contribution is -2.23. The third kappa shape index (κ3) is 5.64. The van der Waals surface area contributed by atoms with Crippen molar-refractivity contribution in [2.24, 2.45) is 0 Å². The van der Waals surface area contributed by atoms with Crippen LogP contribution in [0.25, 0.3) is 10.8 Å². The molecule has 6 nitrogen and oxygen atoms in total. The molecule has 0 spiro atoms. The first-order chi connectivity index (χ1) is 16.4. The molecule has 1 heterocycles. The first-order valence-corrected chi connectivity index (χ1v) is 11.5. The Labute approximate surface area is 199 Å². The molecule has 0 fully saturated rings. The van der Waals surface area contributed by atoms with Gasteiger partial charge in [-0.3, -0.25) is 4.79 Å². The third-order valence-electron chi connectivity index (χ3n) is 5.67. The summed E-state index contributed by atoms with van der Waals surface area (Å²) in [6.45, 7) is 8.99. The molecule has 1 N–H and O–H groups in total. The second-order valence-corrected chi connectivity index (χ2v) is 8.65. The highest BCUT2D eigenvalue weighted by molar-refractivity contribution is 6.01. The largest absolute Gasteiger partial charge is 0.488 e. The SMILES string of the molecule is Cc1noc(C)c1COc1cc2ccccc2cc1C(=O)NCc1cccc(COC(C)C)c1. The molecule has 34 heavy (non-hydrogen) atoms. The predicted molar refractivity (Wildman–Crippen MR) is 132 cm³/mol. The van der Waals surface area contributed by atoms with E-state index in [1.807, 2.05) is 82.3 Å². The van der Waals surface area contributed by atoms with Crippen LogP contribution in [0.1, 0.15) is 52.3 Å². The van der Waals surface area contributed by atoms with Crippen molar-refractivity contribution in [3.8, 4) is 5.75 Å². The van der Waals surface area contributed by atoms with Gasteiger partial charge in [0.15, 0.2) is 0 Å². The van der Waals surface area contributed by atoms with Gasteiger partial charge in [-0.2, -0.15) is 0 Å². The third-order valence-corrected chi connectivity index (χ3v) is 5.67. The van der Waals surface area contributed by atoms with E-state index in [4.69, 9.17) is 14.0 Å². The van der Waals surface area contributed by atoms with Crippen LogP contribution in [0.5, 0.6) is 5.75 Å². The monoisotopic (exact) mass is 458 g/mol. The van der Waals surface area contributed by atoms with Gasteiger partial charge in [-0.05, 0) is 61.7 Å². The fourth-order valence-electron chi connectivity index (χ4n) is 3.74. The number of amides is 1. The molecule has 0 unspecified atom stereocenters. The second-order valence-electron chi connectivity index (χ2n) is 8.65. The van der Waals surface area contributed by atoms with Crippen molar-refractivity contribution in [1.82, 2.24) is 10.5 Å². The molecule has 4 rings (SSSR count).